The fourth-order valence-electron chi connectivity index (χ4n) is 6.86. The van der Waals surface area contributed by atoms with Crippen LogP contribution in [0.5, 0.6) is 0 Å². The van der Waals surface area contributed by atoms with Crippen LogP contribution in [0.2, 0.25) is 0 Å². The minimum atomic E-state index is -0.881. The molecule has 0 saturated heterocycles. The van der Waals surface area contributed by atoms with Gasteiger partial charge >= 0.3 is 11.9 Å². The third kappa shape index (κ3) is 2.97. The third-order valence-corrected chi connectivity index (χ3v) is 8.00. The van der Waals surface area contributed by atoms with Gasteiger partial charge in [0.25, 0.3) is 0 Å². The fourth-order valence-corrected chi connectivity index (χ4v) is 6.86. The Kier molecular flexibility index (Phi) is 4.34. The first-order valence-electron chi connectivity index (χ1n) is 9.96. The van der Waals surface area contributed by atoms with Crippen LogP contribution in [-0.4, -0.2) is 22.2 Å². The summed E-state index contributed by atoms with van der Waals surface area (Å²) in [6.45, 7) is 0. The predicted octanol–water partition coefficient (Wildman–Crippen LogP) is 4.04. The van der Waals surface area contributed by atoms with E-state index in [0.717, 1.165) is 24.7 Å². The van der Waals surface area contributed by atoms with E-state index in [0.29, 0.717) is 36.5 Å². The smallest absolute Gasteiger partial charge is 0.307 e. The zero-order valence-corrected chi connectivity index (χ0v) is 14.4. The van der Waals surface area contributed by atoms with E-state index in [1.165, 1.54) is 38.5 Å². The Labute approximate surface area is 144 Å². The number of carboxylic acid groups (broad SMARTS) is 2. The van der Waals surface area contributed by atoms with Crippen molar-refractivity contribution in [3.63, 3.8) is 0 Å². The van der Waals surface area contributed by atoms with Gasteiger partial charge in [-0.15, -0.1) is 0 Å². The number of carbonyl (C=O) groups is 2. The van der Waals surface area contributed by atoms with Crippen molar-refractivity contribution < 1.29 is 19.8 Å². The van der Waals surface area contributed by atoms with Crippen LogP contribution in [0.1, 0.15) is 64.2 Å². The summed E-state index contributed by atoms with van der Waals surface area (Å²) in [5.41, 5.74) is 0. The van der Waals surface area contributed by atoms with E-state index in [4.69, 9.17) is 0 Å². The van der Waals surface area contributed by atoms with E-state index in [1.807, 2.05) is 0 Å². The molecule has 4 aliphatic carbocycles. The van der Waals surface area contributed by atoms with E-state index < -0.39 is 23.8 Å². The van der Waals surface area contributed by atoms with Gasteiger partial charge in [0.15, 0.2) is 0 Å². The standard InChI is InChI=1S/C20H30O4/c21-19(22)17(9-15-7-11-1-3-13(15)5-11)18(20(23)24)10-16-8-12-2-4-14(16)6-12/h11-18H,1-10H2,(H,21,22)(H,23,24). The summed E-state index contributed by atoms with van der Waals surface area (Å²) in [6, 6.07) is 0. The first kappa shape index (κ1) is 16.4. The van der Waals surface area contributed by atoms with Crippen LogP contribution in [-0.2, 0) is 9.59 Å². The minimum Gasteiger partial charge on any atom is -0.481 e. The summed E-state index contributed by atoms with van der Waals surface area (Å²) in [4.78, 5) is 23.8. The molecule has 2 N–H and O–H groups in total. The van der Waals surface area contributed by atoms with Gasteiger partial charge < -0.3 is 10.2 Å². The molecule has 4 saturated carbocycles. The van der Waals surface area contributed by atoms with Crippen LogP contribution < -0.4 is 0 Å². The first-order chi connectivity index (χ1) is 11.5. The molecule has 0 radical (unpaired) electrons. The number of rotatable bonds is 7. The molecule has 0 amide bonds. The Balaban J connectivity index is 1.44. The highest BCUT2D eigenvalue weighted by Crippen LogP contribution is 2.53. The molecule has 4 rings (SSSR count). The van der Waals surface area contributed by atoms with Gasteiger partial charge in [-0.05, 0) is 86.9 Å². The van der Waals surface area contributed by atoms with Crippen LogP contribution in [0.15, 0.2) is 0 Å². The average Bonchev–Trinajstić information content (AvgIpc) is 3.29. The number of fused-ring (bicyclic) bond motifs is 4. The number of aliphatic carboxylic acids is 2. The average molecular weight is 334 g/mol. The summed E-state index contributed by atoms with van der Waals surface area (Å²) < 4.78 is 0. The summed E-state index contributed by atoms with van der Waals surface area (Å²) in [5.74, 6) is 0.645. The second kappa shape index (κ2) is 6.34. The van der Waals surface area contributed by atoms with Gasteiger partial charge in [0.1, 0.15) is 0 Å². The molecule has 8 atom stereocenters. The largest absolute Gasteiger partial charge is 0.481 e. The Morgan fingerprint density at radius 1 is 0.708 bits per heavy atom. The minimum absolute atomic E-state index is 0.451. The molecule has 4 aliphatic rings. The SMILES string of the molecule is O=C(O)C(CC1CC2CCC1C2)C(CC1CC2CCC1C2)C(=O)O. The fraction of sp³-hybridized carbons (Fsp3) is 0.900. The van der Waals surface area contributed by atoms with Gasteiger partial charge in [-0.25, -0.2) is 0 Å². The van der Waals surface area contributed by atoms with E-state index in [1.54, 1.807) is 0 Å². The maximum absolute atomic E-state index is 11.9. The highest BCUT2D eigenvalue weighted by atomic mass is 16.4. The van der Waals surface area contributed by atoms with Crippen LogP contribution in [0.4, 0.5) is 0 Å². The van der Waals surface area contributed by atoms with Crippen molar-refractivity contribution in [1.29, 1.82) is 0 Å². The summed E-state index contributed by atoms with van der Waals surface area (Å²) in [6.07, 6.45) is 11.0. The lowest BCUT2D eigenvalue weighted by molar-refractivity contribution is -0.155. The molecule has 0 aliphatic heterocycles. The monoisotopic (exact) mass is 334 g/mol. The van der Waals surface area contributed by atoms with E-state index in [-0.39, 0.29) is 0 Å². The van der Waals surface area contributed by atoms with Gasteiger partial charge in [0.2, 0.25) is 0 Å². The quantitative estimate of drug-likeness (QED) is 0.737. The molecule has 0 aromatic carbocycles. The summed E-state index contributed by atoms with van der Waals surface area (Å²) >= 11 is 0. The van der Waals surface area contributed by atoms with E-state index in [2.05, 4.69) is 0 Å². The van der Waals surface area contributed by atoms with Crippen molar-refractivity contribution >= 4 is 11.9 Å². The third-order valence-electron chi connectivity index (χ3n) is 8.00. The molecule has 134 valence electrons. The Morgan fingerprint density at radius 3 is 1.38 bits per heavy atom. The van der Waals surface area contributed by atoms with Gasteiger partial charge in [0.05, 0.1) is 11.8 Å². The molecule has 24 heavy (non-hydrogen) atoms. The maximum Gasteiger partial charge on any atom is 0.307 e. The van der Waals surface area contributed by atoms with Crippen LogP contribution in [0, 0.1) is 47.3 Å². The van der Waals surface area contributed by atoms with Crippen molar-refractivity contribution in [2.24, 2.45) is 47.3 Å². The summed E-state index contributed by atoms with van der Waals surface area (Å²) in [7, 11) is 0. The molecule has 4 bridgehead atoms. The zero-order valence-electron chi connectivity index (χ0n) is 14.4. The van der Waals surface area contributed by atoms with Gasteiger partial charge in [-0.2, -0.15) is 0 Å². The lowest BCUT2D eigenvalue weighted by atomic mass is 9.73. The van der Waals surface area contributed by atoms with Gasteiger partial charge in [-0.1, -0.05) is 12.8 Å². The van der Waals surface area contributed by atoms with Crippen molar-refractivity contribution in [1.82, 2.24) is 0 Å². The van der Waals surface area contributed by atoms with Crippen LogP contribution in [0.25, 0.3) is 0 Å². The molecule has 0 heterocycles. The molecule has 4 heteroatoms. The Bertz CT molecular complexity index is 470. The topological polar surface area (TPSA) is 74.6 Å². The molecule has 0 aromatic rings. The van der Waals surface area contributed by atoms with Crippen molar-refractivity contribution in [2.45, 2.75) is 64.2 Å². The van der Waals surface area contributed by atoms with Crippen LogP contribution in [0.3, 0.4) is 0 Å². The molecule has 0 spiro atoms. The van der Waals surface area contributed by atoms with Crippen LogP contribution >= 0.6 is 0 Å². The molecular formula is C20H30O4. The molecule has 0 aromatic heterocycles. The molecule has 4 fully saturated rings. The van der Waals surface area contributed by atoms with Gasteiger partial charge in [0, 0.05) is 0 Å². The lowest BCUT2D eigenvalue weighted by Gasteiger charge is -2.31. The van der Waals surface area contributed by atoms with Crippen molar-refractivity contribution in [3.05, 3.63) is 0 Å². The van der Waals surface area contributed by atoms with Crippen molar-refractivity contribution in [3.8, 4) is 0 Å². The number of hydrogen-bond acceptors (Lipinski definition) is 2. The predicted molar refractivity (Wildman–Crippen MR) is 89.4 cm³/mol. The normalized spacial score (nSPS) is 42.3. The number of hydrogen-bond donors (Lipinski definition) is 2. The molecule has 8 unspecified atom stereocenters. The lowest BCUT2D eigenvalue weighted by Crippen LogP contribution is -2.34. The van der Waals surface area contributed by atoms with E-state index >= 15 is 0 Å². The zero-order chi connectivity index (χ0) is 16.8. The van der Waals surface area contributed by atoms with Gasteiger partial charge in [-0.3, -0.25) is 9.59 Å². The number of carboxylic acids is 2. The Hall–Kier alpha value is -1.06. The van der Waals surface area contributed by atoms with Crippen molar-refractivity contribution in [2.75, 3.05) is 0 Å². The van der Waals surface area contributed by atoms with E-state index in [9.17, 15) is 19.8 Å². The second-order valence-electron chi connectivity index (χ2n) is 9.23. The maximum atomic E-state index is 11.9. The summed E-state index contributed by atoms with van der Waals surface area (Å²) in [5, 5.41) is 19.5. The highest BCUT2D eigenvalue weighted by Gasteiger charge is 2.46. The Morgan fingerprint density at radius 2 is 1.12 bits per heavy atom. The highest BCUT2D eigenvalue weighted by molar-refractivity contribution is 5.80. The first-order valence-corrected chi connectivity index (χ1v) is 9.96. The second-order valence-corrected chi connectivity index (χ2v) is 9.23. The molecule has 4 nitrogen and oxygen atoms in total. The molecular weight excluding hydrogens is 304 g/mol.